The number of halogens is 1. The van der Waals surface area contributed by atoms with E-state index in [-0.39, 0.29) is 5.95 Å². The molecule has 1 aliphatic rings. The van der Waals surface area contributed by atoms with E-state index in [4.69, 9.17) is 4.74 Å². The fourth-order valence-corrected chi connectivity index (χ4v) is 3.71. The molecule has 3 heterocycles. The molecule has 4 aromatic rings. The Balaban J connectivity index is 1.34. The summed E-state index contributed by atoms with van der Waals surface area (Å²) in [7, 11) is 2.08. The van der Waals surface area contributed by atoms with Crippen molar-refractivity contribution in [2.75, 3.05) is 32.1 Å². The Morgan fingerprint density at radius 1 is 1.12 bits per heavy atom. The number of hydrogen-bond acceptors (Lipinski definition) is 7. The molecule has 1 N–H and O–H groups in total. The van der Waals surface area contributed by atoms with Gasteiger partial charge in [0.05, 0.1) is 30.2 Å². The van der Waals surface area contributed by atoms with Crippen LogP contribution in [0.15, 0.2) is 61.1 Å². The highest BCUT2D eigenvalue weighted by atomic mass is 19.1. The van der Waals surface area contributed by atoms with Crippen molar-refractivity contribution < 1.29 is 13.9 Å². The SMILES string of the molecule is CN1CC(COc2cncc(-c3ccc4cnc(NC(=O)c5ccc(F)cc5)nc4c3)n2)C1. The summed E-state index contributed by atoms with van der Waals surface area (Å²) in [6.45, 7) is 2.67. The highest BCUT2D eigenvalue weighted by Gasteiger charge is 2.23. The normalized spacial score (nSPS) is 14.1. The van der Waals surface area contributed by atoms with Crippen LogP contribution in [0.25, 0.3) is 22.2 Å². The first kappa shape index (κ1) is 20.9. The minimum atomic E-state index is -0.418. The van der Waals surface area contributed by atoms with Gasteiger partial charge in [0, 0.05) is 41.7 Å². The zero-order valence-electron chi connectivity index (χ0n) is 17.9. The average molecular weight is 444 g/mol. The lowest BCUT2D eigenvalue weighted by atomic mass is 10.0. The maximum atomic E-state index is 13.1. The molecule has 0 saturated carbocycles. The molecule has 0 bridgehead atoms. The van der Waals surface area contributed by atoms with Gasteiger partial charge in [-0.3, -0.25) is 15.1 Å². The monoisotopic (exact) mass is 444 g/mol. The number of anilines is 1. The van der Waals surface area contributed by atoms with E-state index in [1.165, 1.54) is 24.3 Å². The van der Waals surface area contributed by atoms with Gasteiger partial charge in [-0.05, 0) is 37.4 Å². The minimum Gasteiger partial charge on any atom is -0.476 e. The summed E-state index contributed by atoms with van der Waals surface area (Å²) in [4.78, 5) is 32.1. The van der Waals surface area contributed by atoms with Crippen molar-refractivity contribution in [3.05, 3.63) is 72.4 Å². The molecule has 1 aliphatic heterocycles. The zero-order valence-corrected chi connectivity index (χ0v) is 17.9. The number of nitrogens with zero attached hydrogens (tertiary/aromatic N) is 5. The highest BCUT2D eigenvalue weighted by Crippen LogP contribution is 2.24. The van der Waals surface area contributed by atoms with Crippen LogP contribution in [0.3, 0.4) is 0 Å². The third-order valence-electron chi connectivity index (χ3n) is 5.43. The van der Waals surface area contributed by atoms with E-state index in [2.05, 4.69) is 37.2 Å². The molecule has 9 heteroatoms. The molecular formula is C24H21FN6O2. The van der Waals surface area contributed by atoms with Crippen molar-refractivity contribution in [1.82, 2.24) is 24.8 Å². The van der Waals surface area contributed by atoms with Crippen LogP contribution in [0, 0.1) is 11.7 Å². The molecular weight excluding hydrogens is 423 g/mol. The lowest BCUT2D eigenvalue weighted by Crippen LogP contribution is -2.46. The van der Waals surface area contributed by atoms with Crippen molar-refractivity contribution in [3.8, 4) is 17.1 Å². The lowest BCUT2D eigenvalue weighted by molar-refractivity contribution is 0.0837. The predicted molar refractivity (Wildman–Crippen MR) is 121 cm³/mol. The van der Waals surface area contributed by atoms with Crippen LogP contribution >= 0.6 is 0 Å². The number of amides is 1. The molecule has 2 aromatic carbocycles. The van der Waals surface area contributed by atoms with Gasteiger partial charge >= 0.3 is 0 Å². The number of rotatable bonds is 6. The Labute approximate surface area is 189 Å². The van der Waals surface area contributed by atoms with Gasteiger partial charge in [0.1, 0.15) is 5.82 Å². The molecule has 0 spiro atoms. The second-order valence-corrected chi connectivity index (χ2v) is 8.07. The van der Waals surface area contributed by atoms with E-state index in [0.717, 1.165) is 24.0 Å². The standard InChI is InChI=1S/C24H21FN6O2/c1-31-12-15(13-31)14-33-22-11-26-10-21(28-22)17-2-3-18-9-27-24(29-20(18)8-17)30-23(32)16-4-6-19(25)7-5-16/h2-11,15H,12-14H2,1H3,(H,27,29,30,32). The van der Waals surface area contributed by atoms with Crippen molar-refractivity contribution >= 4 is 22.8 Å². The quantitative estimate of drug-likeness (QED) is 0.487. The number of nitrogens with one attached hydrogen (secondary N) is 1. The molecule has 1 fully saturated rings. The Morgan fingerprint density at radius 3 is 2.73 bits per heavy atom. The maximum absolute atomic E-state index is 13.1. The van der Waals surface area contributed by atoms with Crippen LogP contribution in [0.5, 0.6) is 5.88 Å². The Kier molecular flexibility index (Phi) is 5.62. The lowest BCUT2D eigenvalue weighted by Gasteiger charge is -2.35. The summed E-state index contributed by atoms with van der Waals surface area (Å²) in [5.41, 5.74) is 2.44. The number of fused-ring (bicyclic) bond motifs is 1. The summed E-state index contributed by atoms with van der Waals surface area (Å²) < 4.78 is 18.9. The number of aromatic nitrogens is 4. The van der Waals surface area contributed by atoms with E-state index >= 15 is 0 Å². The fraction of sp³-hybridized carbons (Fsp3) is 0.208. The van der Waals surface area contributed by atoms with E-state index in [1.54, 1.807) is 18.6 Å². The average Bonchev–Trinajstić information content (AvgIpc) is 2.81. The van der Waals surface area contributed by atoms with E-state index in [0.29, 0.717) is 35.2 Å². The van der Waals surface area contributed by atoms with Crippen LogP contribution < -0.4 is 10.1 Å². The summed E-state index contributed by atoms with van der Waals surface area (Å²) in [6.07, 6.45) is 4.91. The van der Waals surface area contributed by atoms with E-state index in [9.17, 15) is 9.18 Å². The first-order valence-corrected chi connectivity index (χ1v) is 10.5. The van der Waals surface area contributed by atoms with Crippen LogP contribution in [0.1, 0.15) is 10.4 Å². The zero-order chi connectivity index (χ0) is 22.8. The number of ether oxygens (including phenoxy) is 1. The summed E-state index contributed by atoms with van der Waals surface area (Å²) >= 11 is 0. The van der Waals surface area contributed by atoms with Crippen molar-refractivity contribution in [2.45, 2.75) is 0 Å². The number of carbonyl (C=O) groups excluding carboxylic acids is 1. The summed E-state index contributed by atoms with van der Waals surface area (Å²) in [6, 6.07) is 10.9. The number of carbonyl (C=O) groups is 1. The van der Waals surface area contributed by atoms with Crippen molar-refractivity contribution in [1.29, 1.82) is 0 Å². The Hall–Kier alpha value is -3.98. The molecule has 0 radical (unpaired) electrons. The van der Waals surface area contributed by atoms with Gasteiger partial charge in [-0.1, -0.05) is 12.1 Å². The molecule has 1 saturated heterocycles. The van der Waals surface area contributed by atoms with Gasteiger partial charge in [0.25, 0.3) is 5.91 Å². The molecule has 0 unspecified atom stereocenters. The minimum absolute atomic E-state index is 0.155. The van der Waals surface area contributed by atoms with Gasteiger partial charge in [0.15, 0.2) is 0 Å². The first-order chi connectivity index (χ1) is 16.0. The first-order valence-electron chi connectivity index (χ1n) is 10.5. The van der Waals surface area contributed by atoms with Crippen LogP contribution in [0.2, 0.25) is 0 Å². The molecule has 2 aromatic heterocycles. The molecule has 5 rings (SSSR count). The summed E-state index contributed by atoms with van der Waals surface area (Å²) in [5.74, 6) is 0.328. The van der Waals surface area contributed by atoms with Gasteiger partial charge in [-0.2, -0.15) is 0 Å². The number of hydrogen-bond donors (Lipinski definition) is 1. The van der Waals surface area contributed by atoms with Crippen molar-refractivity contribution in [3.63, 3.8) is 0 Å². The van der Waals surface area contributed by atoms with Gasteiger partial charge < -0.3 is 9.64 Å². The number of likely N-dealkylation sites (tertiary alicyclic amines) is 1. The van der Waals surface area contributed by atoms with Crippen LogP contribution in [-0.4, -0.2) is 57.5 Å². The van der Waals surface area contributed by atoms with Crippen LogP contribution in [0.4, 0.5) is 10.3 Å². The highest BCUT2D eigenvalue weighted by molar-refractivity contribution is 6.03. The topological polar surface area (TPSA) is 93.1 Å². The van der Waals surface area contributed by atoms with Gasteiger partial charge in [-0.15, -0.1) is 0 Å². The van der Waals surface area contributed by atoms with E-state index < -0.39 is 11.7 Å². The molecule has 0 aliphatic carbocycles. The second-order valence-electron chi connectivity index (χ2n) is 8.07. The molecule has 1 amide bonds. The van der Waals surface area contributed by atoms with E-state index in [1.807, 2.05) is 18.2 Å². The third-order valence-corrected chi connectivity index (χ3v) is 5.43. The van der Waals surface area contributed by atoms with Gasteiger partial charge in [0.2, 0.25) is 11.8 Å². The summed E-state index contributed by atoms with van der Waals surface area (Å²) in [5, 5.41) is 3.46. The van der Waals surface area contributed by atoms with Gasteiger partial charge in [-0.25, -0.2) is 19.3 Å². The molecule has 33 heavy (non-hydrogen) atoms. The number of benzene rings is 2. The molecule has 8 nitrogen and oxygen atoms in total. The van der Waals surface area contributed by atoms with Crippen molar-refractivity contribution in [2.24, 2.45) is 5.92 Å². The van der Waals surface area contributed by atoms with Crippen LogP contribution in [-0.2, 0) is 0 Å². The third kappa shape index (κ3) is 4.78. The fourth-order valence-electron chi connectivity index (χ4n) is 3.71. The predicted octanol–water partition coefficient (Wildman–Crippen LogP) is 3.42. The molecule has 166 valence electrons. The smallest absolute Gasteiger partial charge is 0.258 e. The largest absolute Gasteiger partial charge is 0.476 e. The molecule has 0 atom stereocenters. The Morgan fingerprint density at radius 2 is 1.94 bits per heavy atom. The maximum Gasteiger partial charge on any atom is 0.258 e. The second kappa shape index (κ2) is 8.87. The Bertz CT molecular complexity index is 1310.